The molecule has 1 aromatic rings. The maximum Gasteiger partial charge on any atom is 0.329 e. The van der Waals surface area contributed by atoms with E-state index in [4.69, 9.17) is 0 Å². The van der Waals surface area contributed by atoms with Crippen LogP contribution in [0.25, 0.3) is 0 Å². The molecule has 0 saturated heterocycles. The Morgan fingerprint density at radius 3 is 2.41 bits per heavy atom. The number of aliphatic carboxylic acids is 1. The van der Waals surface area contributed by atoms with E-state index in [2.05, 4.69) is 9.88 Å². The fraction of sp³-hybridized carbons (Fsp3) is 0.647. The molecule has 120 valence electrons. The van der Waals surface area contributed by atoms with Crippen molar-refractivity contribution in [3.05, 3.63) is 23.0 Å². The third-order valence-corrected chi connectivity index (χ3v) is 5.18. The average Bonchev–Trinajstić information content (AvgIpc) is 3.20. The van der Waals surface area contributed by atoms with E-state index < -0.39 is 11.5 Å². The van der Waals surface area contributed by atoms with Crippen LogP contribution in [0.2, 0.25) is 0 Å². The smallest absolute Gasteiger partial charge is 0.329 e. The minimum absolute atomic E-state index is 0.255. The maximum absolute atomic E-state index is 12.5. The number of carboxylic acids is 1. The van der Waals surface area contributed by atoms with Crippen LogP contribution < -0.4 is 5.32 Å². The Morgan fingerprint density at radius 1 is 1.23 bits per heavy atom. The predicted molar refractivity (Wildman–Crippen MR) is 83.1 cm³/mol. The van der Waals surface area contributed by atoms with E-state index in [1.54, 1.807) is 0 Å². The van der Waals surface area contributed by atoms with Gasteiger partial charge in [0.25, 0.3) is 5.91 Å². The van der Waals surface area contributed by atoms with Crippen LogP contribution in [-0.2, 0) is 4.79 Å². The Balaban J connectivity index is 1.82. The molecule has 0 bridgehead atoms. The van der Waals surface area contributed by atoms with E-state index >= 15 is 0 Å². The number of hydrogen-bond donors (Lipinski definition) is 2. The quantitative estimate of drug-likeness (QED) is 0.898. The first-order chi connectivity index (χ1) is 10.4. The van der Waals surface area contributed by atoms with E-state index in [-0.39, 0.29) is 5.91 Å². The molecule has 2 N–H and O–H groups in total. The van der Waals surface area contributed by atoms with Crippen molar-refractivity contribution in [2.45, 2.75) is 70.4 Å². The fourth-order valence-corrected chi connectivity index (χ4v) is 3.71. The van der Waals surface area contributed by atoms with Crippen molar-refractivity contribution in [1.82, 2.24) is 9.88 Å². The second kappa shape index (κ2) is 5.45. The Hall–Kier alpha value is -1.78. The normalized spacial score (nSPS) is 20.6. The van der Waals surface area contributed by atoms with Crippen LogP contribution in [0.3, 0.4) is 0 Å². The number of rotatable bonds is 4. The highest BCUT2D eigenvalue weighted by Crippen LogP contribution is 2.37. The van der Waals surface area contributed by atoms with Crippen LogP contribution in [0.1, 0.15) is 72.7 Å². The molecule has 2 aliphatic rings. The van der Waals surface area contributed by atoms with Crippen molar-refractivity contribution in [1.29, 1.82) is 0 Å². The van der Waals surface area contributed by atoms with Crippen molar-refractivity contribution >= 4 is 11.9 Å². The molecule has 1 heterocycles. The lowest BCUT2D eigenvalue weighted by Crippen LogP contribution is -2.43. The van der Waals surface area contributed by atoms with Gasteiger partial charge < -0.3 is 15.0 Å². The lowest BCUT2D eigenvalue weighted by Gasteiger charge is -2.26. The predicted octanol–water partition coefficient (Wildman–Crippen LogP) is 2.96. The summed E-state index contributed by atoms with van der Waals surface area (Å²) in [7, 11) is 0. The molecule has 1 aromatic heterocycles. The SMILES string of the molecule is Cc1cc(C(=O)NC2(C(=O)O)CC2)c(C)n1C1CCCCC1. The number of carbonyl (C=O) groups is 2. The molecule has 2 fully saturated rings. The molecule has 2 aliphatic carbocycles. The molecule has 5 nitrogen and oxygen atoms in total. The lowest BCUT2D eigenvalue weighted by molar-refractivity contribution is -0.140. The number of hydrogen-bond acceptors (Lipinski definition) is 2. The molecule has 0 unspecified atom stereocenters. The van der Waals surface area contributed by atoms with Gasteiger partial charge in [0.15, 0.2) is 0 Å². The Labute approximate surface area is 130 Å². The Morgan fingerprint density at radius 2 is 1.86 bits per heavy atom. The summed E-state index contributed by atoms with van der Waals surface area (Å²) in [5.41, 5.74) is 1.65. The Kier molecular flexibility index (Phi) is 3.75. The van der Waals surface area contributed by atoms with E-state index in [9.17, 15) is 14.7 Å². The van der Waals surface area contributed by atoms with Crippen molar-refractivity contribution in [3.63, 3.8) is 0 Å². The van der Waals surface area contributed by atoms with Crippen LogP contribution in [0, 0.1) is 13.8 Å². The lowest BCUT2D eigenvalue weighted by atomic mass is 9.95. The van der Waals surface area contributed by atoms with Crippen molar-refractivity contribution in [3.8, 4) is 0 Å². The highest BCUT2D eigenvalue weighted by molar-refractivity contribution is 6.00. The number of carboxylic acid groups (broad SMARTS) is 1. The zero-order valence-electron chi connectivity index (χ0n) is 13.3. The zero-order valence-corrected chi connectivity index (χ0v) is 13.3. The van der Waals surface area contributed by atoms with Gasteiger partial charge in [-0.25, -0.2) is 4.79 Å². The van der Waals surface area contributed by atoms with Crippen LogP contribution in [-0.4, -0.2) is 27.1 Å². The first kappa shape index (κ1) is 15.1. The van der Waals surface area contributed by atoms with Gasteiger partial charge in [0, 0.05) is 17.4 Å². The van der Waals surface area contributed by atoms with Crippen LogP contribution in [0.15, 0.2) is 6.07 Å². The zero-order chi connectivity index (χ0) is 15.9. The molecule has 0 atom stereocenters. The van der Waals surface area contributed by atoms with Gasteiger partial charge in [0.2, 0.25) is 0 Å². The molecule has 1 amide bonds. The monoisotopic (exact) mass is 304 g/mol. The number of nitrogens with zero attached hydrogens (tertiary/aromatic N) is 1. The summed E-state index contributed by atoms with van der Waals surface area (Å²) in [5.74, 6) is -1.18. The van der Waals surface area contributed by atoms with Gasteiger partial charge in [-0.05, 0) is 45.6 Å². The summed E-state index contributed by atoms with van der Waals surface area (Å²) in [6.45, 7) is 4.00. The van der Waals surface area contributed by atoms with Gasteiger partial charge in [-0.1, -0.05) is 19.3 Å². The van der Waals surface area contributed by atoms with E-state index in [1.807, 2.05) is 19.9 Å². The molecule has 22 heavy (non-hydrogen) atoms. The topological polar surface area (TPSA) is 71.3 Å². The van der Waals surface area contributed by atoms with Gasteiger partial charge in [0.1, 0.15) is 5.54 Å². The average molecular weight is 304 g/mol. The van der Waals surface area contributed by atoms with Gasteiger partial charge in [-0.15, -0.1) is 0 Å². The number of aryl methyl sites for hydroxylation is 1. The van der Waals surface area contributed by atoms with Gasteiger partial charge in [-0.3, -0.25) is 4.79 Å². The fourth-order valence-electron chi connectivity index (χ4n) is 3.71. The molecule has 5 heteroatoms. The summed E-state index contributed by atoms with van der Waals surface area (Å²) in [6.07, 6.45) is 7.15. The van der Waals surface area contributed by atoms with E-state index in [0.717, 1.165) is 24.2 Å². The second-order valence-electron chi connectivity index (χ2n) is 6.79. The third-order valence-electron chi connectivity index (χ3n) is 5.18. The molecule has 0 aromatic carbocycles. The van der Waals surface area contributed by atoms with Crippen LogP contribution in [0.5, 0.6) is 0 Å². The van der Waals surface area contributed by atoms with Crippen molar-refractivity contribution in [2.75, 3.05) is 0 Å². The minimum Gasteiger partial charge on any atom is -0.480 e. The van der Waals surface area contributed by atoms with Crippen molar-refractivity contribution < 1.29 is 14.7 Å². The summed E-state index contributed by atoms with van der Waals surface area (Å²) in [4.78, 5) is 23.7. The molecule has 2 saturated carbocycles. The number of nitrogens with one attached hydrogen (secondary N) is 1. The molecule has 0 spiro atoms. The first-order valence-corrected chi connectivity index (χ1v) is 8.19. The molecule has 3 rings (SSSR count). The highest BCUT2D eigenvalue weighted by atomic mass is 16.4. The van der Waals surface area contributed by atoms with Gasteiger partial charge in [0.05, 0.1) is 5.56 Å². The summed E-state index contributed by atoms with van der Waals surface area (Å²) in [5, 5.41) is 11.9. The number of aromatic nitrogens is 1. The largest absolute Gasteiger partial charge is 0.480 e. The van der Waals surface area contributed by atoms with Crippen molar-refractivity contribution in [2.24, 2.45) is 0 Å². The summed E-state index contributed by atoms with van der Waals surface area (Å²) < 4.78 is 2.27. The number of carbonyl (C=O) groups excluding carboxylic acids is 1. The van der Waals surface area contributed by atoms with Gasteiger partial charge >= 0.3 is 5.97 Å². The third kappa shape index (κ3) is 2.53. The minimum atomic E-state index is -1.02. The maximum atomic E-state index is 12.5. The van der Waals surface area contributed by atoms with Crippen LogP contribution in [0.4, 0.5) is 0 Å². The highest BCUT2D eigenvalue weighted by Gasteiger charge is 2.51. The molecular formula is C17H24N2O3. The summed E-state index contributed by atoms with van der Waals surface area (Å²) in [6, 6.07) is 2.38. The second-order valence-corrected chi connectivity index (χ2v) is 6.79. The number of amides is 1. The standard InChI is InChI=1S/C17H24N2O3/c1-11-10-14(15(20)18-17(8-9-17)16(21)22)12(2)19(11)13-6-4-3-5-7-13/h10,13H,3-9H2,1-2H3,(H,18,20)(H,21,22). The summed E-state index contributed by atoms with van der Waals surface area (Å²) >= 11 is 0. The van der Waals surface area contributed by atoms with Gasteiger partial charge in [-0.2, -0.15) is 0 Å². The molecule has 0 radical (unpaired) electrons. The molecular weight excluding hydrogens is 280 g/mol. The van der Waals surface area contributed by atoms with E-state index in [0.29, 0.717) is 24.4 Å². The van der Waals surface area contributed by atoms with Crippen LogP contribution >= 0.6 is 0 Å². The first-order valence-electron chi connectivity index (χ1n) is 8.19. The molecule has 0 aliphatic heterocycles. The Bertz CT molecular complexity index is 608. The van der Waals surface area contributed by atoms with E-state index in [1.165, 1.54) is 19.3 Å².